The Kier molecular flexibility index (Phi) is 7.87. The van der Waals surface area contributed by atoms with E-state index in [4.69, 9.17) is 28.9 Å². The molecule has 0 saturated carbocycles. The number of amides is 1. The van der Waals surface area contributed by atoms with Gasteiger partial charge in [0.25, 0.3) is 0 Å². The largest absolute Gasteiger partial charge is 0.469 e. The van der Waals surface area contributed by atoms with Crippen molar-refractivity contribution in [2.45, 2.75) is 50.8 Å². The van der Waals surface area contributed by atoms with Gasteiger partial charge in [0.1, 0.15) is 12.7 Å². The van der Waals surface area contributed by atoms with E-state index in [0.717, 1.165) is 48.8 Å². The monoisotopic (exact) mass is 530 g/mol. The molecule has 9 heteroatoms. The van der Waals surface area contributed by atoms with Crippen molar-refractivity contribution in [3.05, 3.63) is 72.3 Å². The summed E-state index contributed by atoms with van der Waals surface area (Å²) in [5, 5.41) is 0.873. The Morgan fingerprint density at radius 1 is 0.923 bits per heavy atom. The molecule has 0 bridgehead atoms. The summed E-state index contributed by atoms with van der Waals surface area (Å²) in [6.45, 7) is 3.32. The molecule has 6 rings (SSSR count). The Hall–Kier alpha value is -3.69. The van der Waals surface area contributed by atoms with Crippen LogP contribution in [0.2, 0.25) is 0 Å². The first-order chi connectivity index (χ1) is 19.2. The molecule has 1 aromatic heterocycles. The number of benzene rings is 2. The molecule has 0 unspecified atom stereocenters. The molecule has 3 aliphatic rings. The summed E-state index contributed by atoms with van der Waals surface area (Å²) >= 11 is 0. The topological polar surface area (TPSA) is 86.3 Å². The van der Waals surface area contributed by atoms with Crippen molar-refractivity contribution in [1.29, 1.82) is 0 Å². The molecule has 3 atom stereocenters. The van der Waals surface area contributed by atoms with Gasteiger partial charge in [0.15, 0.2) is 6.29 Å². The first kappa shape index (κ1) is 25.6. The molecule has 2 aromatic carbocycles. The van der Waals surface area contributed by atoms with E-state index in [1.165, 1.54) is 0 Å². The molecule has 0 radical (unpaired) electrons. The molecule has 1 amide bonds. The van der Waals surface area contributed by atoms with Gasteiger partial charge in [0.05, 0.1) is 17.0 Å². The summed E-state index contributed by atoms with van der Waals surface area (Å²) in [7, 11) is 0. The van der Waals surface area contributed by atoms with Crippen LogP contribution in [0.25, 0.3) is 10.9 Å². The van der Waals surface area contributed by atoms with E-state index in [9.17, 15) is 4.79 Å². The number of piperazine rings is 1. The van der Waals surface area contributed by atoms with E-state index in [2.05, 4.69) is 11.0 Å². The van der Waals surface area contributed by atoms with Gasteiger partial charge < -0.3 is 28.7 Å². The van der Waals surface area contributed by atoms with Gasteiger partial charge in [-0.25, -0.2) is 9.78 Å². The minimum atomic E-state index is -0.301. The third kappa shape index (κ3) is 6.32. The lowest BCUT2D eigenvalue weighted by Gasteiger charge is -2.34. The summed E-state index contributed by atoms with van der Waals surface area (Å²) in [4.78, 5) is 26.1. The summed E-state index contributed by atoms with van der Waals surface area (Å²) < 4.78 is 23.8. The minimum absolute atomic E-state index is 0.0274. The average Bonchev–Trinajstić information content (AvgIpc) is 3.43. The fourth-order valence-electron chi connectivity index (χ4n) is 5.15. The van der Waals surface area contributed by atoms with Gasteiger partial charge in [-0.2, -0.15) is 4.98 Å². The highest BCUT2D eigenvalue weighted by Gasteiger charge is 2.28. The van der Waals surface area contributed by atoms with Gasteiger partial charge in [-0.15, -0.1) is 0 Å². The third-order valence-corrected chi connectivity index (χ3v) is 7.31. The third-order valence-electron chi connectivity index (χ3n) is 7.31. The van der Waals surface area contributed by atoms with Crippen molar-refractivity contribution in [3.8, 4) is 5.88 Å². The number of fused-ring (bicyclic) bond motifs is 1. The molecule has 2 aliphatic heterocycles. The predicted molar refractivity (Wildman–Crippen MR) is 147 cm³/mol. The number of hydrogen-bond acceptors (Lipinski definition) is 8. The van der Waals surface area contributed by atoms with Crippen LogP contribution in [0.15, 0.2) is 66.7 Å². The van der Waals surface area contributed by atoms with E-state index in [0.29, 0.717) is 38.0 Å². The second-order valence-corrected chi connectivity index (χ2v) is 10.1. The van der Waals surface area contributed by atoms with Crippen molar-refractivity contribution in [2.75, 3.05) is 37.7 Å². The molecule has 1 aliphatic carbocycles. The predicted octanol–water partition coefficient (Wildman–Crippen LogP) is 4.71. The Balaban J connectivity index is 1.08. The number of anilines is 1. The lowest BCUT2D eigenvalue weighted by Crippen LogP contribution is -2.49. The lowest BCUT2D eigenvalue weighted by molar-refractivity contribution is -0.179. The molecule has 3 aromatic rings. The van der Waals surface area contributed by atoms with Crippen LogP contribution in [0.5, 0.6) is 5.88 Å². The maximum absolute atomic E-state index is 12.6. The van der Waals surface area contributed by atoms with Crippen LogP contribution in [0, 0.1) is 0 Å². The zero-order valence-corrected chi connectivity index (χ0v) is 22.0. The highest BCUT2D eigenvalue weighted by Crippen LogP contribution is 2.30. The number of para-hydroxylation sites is 1. The average molecular weight is 531 g/mol. The number of hydrogen-bond donors (Lipinski definition) is 0. The molecule has 39 heavy (non-hydrogen) atoms. The number of aromatic nitrogens is 2. The maximum Gasteiger partial charge on any atom is 0.410 e. The van der Waals surface area contributed by atoms with Gasteiger partial charge in [-0.3, -0.25) is 0 Å². The lowest BCUT2D eigenvalue weighted by atomic mass is 10.2. The zero-order chi connectivity index (χ0) is 26.4. The van der Waals surface area contributed by atoms with Crippen LogP contribution in [-0.4, -0.2) is 72.2 Å². The van der Waals surface area contributed by atoms with E-state index in [1.54, 1.807) is 4.90 Å². The quantitative estimate of drug-likeness (QED) is 0.406. The summed E-state index contributed by atoms with van der Waals surface area (Å²) in [6, 6.07) is 17.6. The number of carbonyl (C=O) groups is 1. The minimum Gasteiger partial charge on any atom is -0.469 e. The van der Waals surface area contributed by atoms with Crippen LogP contribution >= 0.6 is 0 Å². The number of ether oxygens (including phenoxy) is 4. The highest BCUT2D eigenvalue weighted by atomic mass is 16.7. The fraction of sp³-hybridized carbons (Fsp3) is 0.433. The Morgan fingerprint density at radius 2 is 1.72 bits per heavy atom. The van der Waals surface area contributed by atoms with Gasteiger partial charge in [0.2, 0.25) is 11.8 Å². The summed E-state index contributed by atoms with van der Waals surface area (Å²) in [5.41, 5.74) is 1.80. The molecule has 2 fully saturated rings. The van der Waals surface area contributed by atoms with Gasteiger partial charge in [-0.1, -0.05) is 48.5 Å². The number of carbonyl (C=O) groups excluding carboxylic acids is 1. The van der Waals surface area contributed by atoms with Crippen LogP contribution < -0.4 is 9.64 Å². The van der Waals surface area contributed by atoms with Gasteiger partial charge in [0, 0.05) is 39.2 Å². The standard InChI is InChI=1S/C30H34N4O5/c35-30(37-21-22-8-2-1-3-9-22)34-17-15-33(16-18-34)29-31-26-11-5-4-10-25(26)28(32-29)39-24-14-13-23(20-24)38-27-12-6-7-19-36-27/h1-5,8-11,13-14,23-24,27H,6-7,12,15-21H2/t23-,24+,27+/m1/s1. The fourth-order valence-corrected chi connectivity index (χ4v) is 5.15. The summed E-state index contributed by atoms with van der Waals surface area (Å²) in [5.74, 6) is 1.16. The van der Waals surface area contributed by atoms with Crippen LogP contribution in [-0.2, 0) is 20.8 Å². The molecule has 204 valence electrons. The molecule has 0 N–H and O–H groups in total. The molecular weight excluding hydrogens is 496 g/mol. The Morgan fingerprint density at radius 3 is 2.54 bits per heavy atom. The van der Waals surface area contributed by atoms with Crippen molar-refractivity contribution < 1.29 is 23.7 Å². The first-order valence-electron chi connectivity index (χ1n) is 13.8. The Labute approximate surface area is 228 Å². The molecule has 2 saturated heterocycles. The van der Waals surface area contributed by atoms with E-state index < -0.39 is 0 Å². The second kappa shape index (κ2) is 12.0. The molecule has 9 nitrogen and oxygen atoms in total. The summed E-state index contributed by atoms with van der Waals surface area (Å²) in [6.07, 6.45) is 7.40. The van der Waals surface area contributed by atoms with E-state index in [1.807, 2.05) is 60.7 Å². The Bertz CT molecular complexity index is 1290. The van der Waals surface area contributed by atoms with Gasteiger partial charge >= 0.3 is 6.09 Å². The normalized spacial score (nSPS) is 23.2. The van der Waals surface area contributed by atoms with Crippen molar-refractivity contribution in [2.24, 2.45) is 0 Å². The van der Waals surface area contributed by atoms with E-state index in [-0.39, 0.29) is 31.2 Å². The zero-order valence-electron chi connectivity index (χ0n) is 22.0. The number of nitrogens with zero attached hydrogens (tertiary/aromatic N) is 4. The maximum atomic E-state index is 12.6. The van der Waals surface area contributed by atoms with E-state index >= 15 is 0 Å². The molecular formula is C30H34N4O5. The van der Waals surface area contributed by atoms with Crippen molar-refractivity contribution in [1.82, 2.24) is 14.9 Å². The molecule has 0 spiro atoms. The first-order valence-corrected chi connectivity index (χ1v) is 13.8. The SMILES string of the molecule is O=C(OCc1ccccc1)N1CCN(c2nc(O[C@H]3C=C[C@@H](O[C@H]4CCCCO4)C3)c3ccccc3n2)CC1. The second-order valence-electron chi connectivity index (χ2n) is 10.1. The highest BCUT2D eigenvalue weighted by molar-refractivity contribution is 5.84. The van der Waals surface area contributed by atoms with Crippen LogP contribution in [0.1, 0.15) is 31.2 Å². The van der Waals surface area contributed by atoms with Crippen molar-refractivity contribution >= 4 is 22.9 Å². The molecule has 3 heterocycles. The smallest absolute Gasteiger partial charge is 0.410 e. The van der Waals surface area contributed by atoms with Crippen LogP contribution in [0.4, 0.5) is 10.7 Å². The van der Waals surface area contributed by atoms with Gasteiger partial charge in [-0.05, 0) is 43.0 Å². The van der Waals surface area contributed by atoms with Crippen molar-refractivity contribution in [3.63, 3.8) is 0 Å². The number of rotatable bonds is 7. The van der Waals surface area contributed by atoms with Crippen LogP contribution in [0.3, 0.4) is 0 Å².